The Labute approximate surface area is 208 Å². The van der Waals surface area contributed by atoms with E-state index in [1.807, 2.05) is 13.8 Å². The van der Waals surface area contributed by atoms with Crippen LogP contribution in [0.2, 0.25) is 0 Å². The van der Waals surface area contributed by atoms with Crippen molar-refractivity contribution in [1.82, 2.24) is 5.32 Å². The molecular weight excluding hydrogens is 422 g/mol. The molecule has 3 saturated carbocycles. The quantitative estimate of drug-likeness (QED) is 0.261. The number of hydrogen-bond acceptors (Lipinski definition) is 3. The number of carboxylic acid groups (broad SMARTS) is 1. The van der Waals surface area contributed by atoms with E-state index >= 15 is 0 Å². The molecule has 0 aromatic rings. The third-order valence-electron chi connectivity index (χ3n) is 11.1. The summed E-state index contributed by atoms with van der Waals surface area (Å²) in [5.74, 6) is 3.37. The summed E-state index contributed by atoms with van der Waals surface area (Å²) < 4.78 is 0. The zero-order valence-electron chi connectivity index (χ0n) is 22.5. The number of allylic oxidation sites excluding steroid dienone is 1. The van der Waals surface area contributed by atoms with Gasteiger partial charge in [-0.1, -0.05) is 32.4 Å². The molecule has 4 heteroatoms. The average molecular weight is 474 g/mol. The zero-order chi connectivity index (χ0) is 24.7. The van der Waals surface area contributed by atoms with Gasteiger partial charge in [0, 0.05) is 12.5 Å². The highest BCUT2D eigenvalue weighted by Gasteiger charge is 2.59. The molecule has 0 aromatic carbocycles. The van der Waals surface area contributed by atoms with Gasteiger partial charge < -0.3 is 15.5 Å². The molecule has 0 heterocycles. The van der Waals surface area contributed by atoms with E-state index in [1.165, 1.54) is 44.9 Å². The number of hydrogen-bond donors (Lipinski definition) is 3. The summed E-state index contributed by atoms with van der Waals surface area (Å²) in [6, 6.07) is 0.519. The van der Waals surface area contributed by atoms with E-state index in [9.17, 15) is 9.90 Å². The van der Waals surface area contributed by atoms with Crippen LogP contribution in [0, 0.1) is 40.4 Å². The lowest BCUT2D eigenvalue weighted by atomic mass is 9.47. The number of nitrogens with one attached hydrogen (secondary N) is 1. The van der Waals surface area contributed by atoms with Crippen molar-refractivity contribution >= 4 is 5.97 Å². The van der Waals surface area contributed by atoms with E-state index in [2.05, 4.69) is 32.2 Å². The Balaban J connectivity index is 1.40. The Hall–Kier alpha value is -0.870. The predicted molar refractivity (Wildman–Crippen MR) is 139 cm³/mol. The summed E-state index contributed by atoms with van der Waals surface area (Å²) in [4.78, 5) is 10.8. The van der Waals surface area contributed by atoms with Crippen molar-refractivity contribution < 1.29 is 15.0 Å². The largest absolute Gasteiger partial charge is 0.481 e. The molecule has 0 aliphatic heterocycles. The fourth-order valence-corrected chi connectivity index (χ4v) is 9.14. The SMILES string of the molecule is CC(CCC(C)(C)O)[C@H]1CCC2C3CC=C4C[C@@H](NCCCC(=O)O)CC[C@]4(C)C3CC[C@@]21C. The number of fused-ring (bicyclic) bond motifs is 5. The lowest BCUT2D eigenvalue weighted by Crippen LogP contribution is -2.51. The molecule has 4 rings (SSSR count). The van der Waals surface area contributed by atoms with Crippen molar-refractivity contribution in [2.24, 2.45) is 40.4 Å². The number of aliphatic carboxylic acids is 1. The molecule has 0 amide bonds. The smallest absolute Gasteiger partial charge is 0.303 e. The first-order valence-electron chi connectivity index (χ1n) is 14.3. The van der Waals surface area contributed by atoms with Crippen LogP contribution in [0.25, 0.3) is 0 Å². The maximum absolute atomic E-state index is 10.8. The van der Waals surface area contributed by atoms with Crippen LogP contribution in [-0.4, -0.2) is 34.4 Å². The highest BCUT2D eigenvalue weighted by molar-refractivity contribution is 5.66. The van der Waals surface area contributed by atoms with E-state index < -0.39 is 11.6 Å². The third kappa shape index (κ3) is 5.14. The van der Waals surface area contributed by atoms with Crippen LogP contribution < -0.4 is 5.32 Å². The maximum atomic E-state index is 10.8. The normalized spacial score (nSPS) is 40.6. The highest BCUT2D eigenvalue weighted by Crippen LogP contribution is 2.67. The van der Waals surface area contributed by atoms with Gasteiger partial charge in [-0.05, 0) is 131 Å². The van der Waals surface area contributed by atoms with Gasteiger partial charge in [-0.25, -0.2) is 0 Å². The fourth-order valence-electron chi connectivity index (χ4n) is 9.14. The van der Waals surface area contributed by atoms with Crippen LogP contribution in [-0.2, 0) is 4.79 Å². The molecule has 4 aliphatic rings. The molecule has 34 heavy (non-hydrogen) atoms. The Morgan fingerprint density at radius 3 is 2.65 bits per heavy atom. The standard InChI is InChI=1S/C30H51NO3/c1-20(12-15-28(2,3)34)24-10-11-25-23-9-8-21-19-22(31-18-6-7-27(32)33)13-16-29(21,4)26(23)14-17-30(24,25)5/h8,20,22-26,31,34H,6-7,9-19H2,1-5H3,(H,32,33)/t20?,22-,23?,24+,25?,26?,29-,30+/m0/s1. The topological polar surface area (TPSA) is 69.6 Å². The molecular formula is C30H51NO3. The number of rotatable bonds is 9. The molecule has 0 bridgehead atoms. The molecule has 194 valence electrons. The number of carbonyl (C=O) groups is 1. The van der Waals surface area contributed by atoms with Crippen molar-refractivity contribution in [2.75, 3.05) is 6.54 Å². The molecule has 0 saturated heterocycles. The van der Waals surface area contributed by atoms with Gasteiger partial charge in [-0.2, -0.15) is 0 Å². The monoisotopic (exact) mass is 473 g/mol. The van der Waals surface area contributed by atoms with E-state index in [4.69, 9.17) is 5.11 Å². The number of aliphatic hydroxyl groups is 1. The van der Waals surface area contributed by atoms with Gasteiger partial charge in [0.1, 0.15) is 0 Å². The van der Waals surface area contributed by atoms with Crippen LogP contribution >= 0.6 is 0 Å². The minimum Gasteiger partial charge on any atom is -0.481 e. The predicted octanol–water partition coefficient (Wildman–Crippen LogP) is 6.58. The van der Waals surface area contributed by atoms with Crippen LogP contribution in [0.5, 0.6) is 0 Å². The highest BCUT2D eigenvalue weighted by atomic mass is 16.4. The van der Waals surface area contributed by atoms with Crippen LogP contribution in [0.4, 0.5) is 0 Å². The number of carboxylic acids is 1. The van der Waals surface area contributed by atoms with Crippen LogP contribution in [0.15, 0.2) is 11.6 Å². The average Bonchev–Trinajstić information content (AvgIpc) is 3.11. The van der Waals surface area contributed by atoms with Gasteiger partial charge in [-0.15, -0.1) is 0 Å². The molecule has 0 radical (unpaired) electrons. The van der Waals surface area contributed by atoms with Crippen LogP contribution in [0.1, 0.15) is 112 Å². The summed E-state index contributed by atoms with van der Waals surface area (Å²) in [7, 11) is 0. The van der Waals surface area contributed by atoms with Crippen molar-refractivity contribution in [3.63, 3.8) is 0 Å². The second kappa shape index (κ2) is 9.88. The zero-order valence-corrected chi connectivity index (χ0v) is 22.5. The van der Waals surface area contributed by atoms with E-state index in [0.29, 0.717) is 22.8 Å². The lowest BCUT2D eigenvalue weighted by Gasteiger charge is -2.58. The van der Waals surface area contributed by atoms with Gasteiger partial charge in [0.05, 0.1) is 5.60 Å². The molecule has 4 nitrogen and oxygen atoms in total. The molecule has 4 unspecified atom stereocenters. The minimum absolute atomic E-state index is 0.265. The first-order chi connectivity index (χ1) is 15.9. The second-order valence-electron chi connectivity index (χ2n) is 13.7. The summed E-state index contributed by atoms with van der Waals surface area (Å²) in [6.45, 7) is 12.4. The third-order valence-corrected chi connectivity index (χ3v) is 11.1. The fraction of sp³-hybridized carbons (Fsp3) is 0.900. The van der Waals surface area contributed by atoms with Crippen molar-refractivity contribution in [1.29, 1.82) is 0 Å². The van der Waals surface area contributed by atoms with Crippen LogP contribution in [0.3, 0.4) is 0 Å². The summed E-state index contributed by atoms with van der Waals surface area (Å²) in [6.07, 6.45) is 16.2. The van der Waals surface area contributed by atoms with E-state index in [1.54, 1.807) is 5.57 Å². The molecule has 4 aliphatic carbocycles. The Morgan fingerprint density at radius 1 is 1.18 bits per heavy atom. The van der Waals surface area contributed by atoms with E-state index in [-0.39, 0.29) is 6.42 Å². The summed E-state index contributed by atoms with van der Waals surface area (Å²) in [5, 5.41) is 22.8. The van der Waals surface area contributed by atoms with Gasteiger partial charge in [-0.3, -0.25) is 4.79 Å². The molecule has 3 fully saturated rings. The first-order valence-corrected chi connectivity index (χ1v) is 14.3. The second-order valence-corrected chi connectivity index (χ2v) is 13.7. The lowest BCUT2D eigenvalue weighted by molar-refractivity contribution is -0.137. The van der Waals surface area contributed by atoms with Gasteiger partial charge in [0.2, 0.25) is 0 Å². The van der Waals surface area contributed by atoms with Gasteiger partial charge >= 0.3 is 5.97 Å². The maximum Gasteiger partial charge on any atom is 0.303 e. The molecule has 3 N–H and O–H groups in total. The van der Waals surface area contributed by atoms with Gasteiger partial charge in [0.15, 0.2) is 0 Å². The Morgan fingerprint density at radius 2 is 1.94 bits per heavy atom. The molecule has 0 spiro atoms. The van der Waals surface area contributed by atoms with E-state index in [0.717, 1.165) is 55.9 Å². The summed E-state index contributed by atoms with van der Waals surface area (Å²) in [5.41, 5.74) is 2.00. The first kappa shape index (κ1) is 26.2. The molecule has 8 atom stereocenters. The molecule has 0 aromatic heterocycles. The Kier molecular flexibility index (Phi) is 7.62. The minimum atomic E-state index is -0.691. The van der Waals surface area contributed by atoms with Gasteiger partial charge in [0.25, 0.3) is 0 Å². The van der Waals surface area contributed by atoms with Crippen molar-refractivity contribution in [3.05, 3.63) is 11.6 Å². The Bertz CT molecular complexity index is 770. The summed E-state index contributed by atoms with van der Waals surface area (Å²) >= 11 is 0. The van der Waals surface area contributed by atoms with Crippen molar-refractivity contribution in [3.8, 4) is 0 Å². The van der Waals surface area contributed by atoms with Crippen molar-refractivity contribution in [2.45, 2.75) is 123 Å².